The first kappa shape index (κ1) is 14.3. The lowest BCUT2D eigenvalue weighted by Crippen LogP contribution is -2.11. The highest BCUT2D eigenvalue weighted by Gasteiger charge is 2.06. The molecule has 0 atom stereocenters. The monoisotopic (exact) mass is 302 g/mol. The van der Waals surface area contributed by atoms with Gasteiger partial charge in [-0.25, -0.2) is 0 Å². The second kappa shape index (κ2) is 5.91. The first-order valence-corrected chi connectivity index (χ1v) is 6.98. The minimum Gasteiger partial charge on any atom is -0.366 e. The minimum atomic E-state index is -0.429. The lowest BCUT2D eigenvalue weighted by molar-refractivity contribution is -0.114. The van der Waals surface area contributed by atoms with Gasteiger partial charge in [-0.1, -0.05) is 17.7 Å². The molecular formula is C15H11ClN2OS. The Morgan fingerprint density at radius 2 is 2.15 bits per heavy atom. The molecule has 0 saturated carbocycles. The number of hydrogen-bond acceptors (Lipinski definition) is 3. The van der Waals surface area contributed by atoms with Crippen LogP contribution in [-0.4, -0.2) is 5.91 Å². The van der Waals surface area contributed by atoms with E-state index in [4.69, 9.17) is 22.6 Å². The van der Waals surface area contributed by atoms with Crippen molar-refractivity contribution < 1.29 is 4.79 Å². The molecule has 0 aliphatic heterocycles. The number of thiophene rings is 1. The zero-order valence-electron chi connectivity index (χ0n) is 10.7. The molecule has 0 unspecified atom stereocenters. The van der Waals surface area contributed by atoms with E-state index in [1.165, 1.54) is 11.3 Å². The van der Waals surface area contributed by atoms with E-state index in [1.54, 1.807) is 25.1 Å². The molecule has 0 aliphatic carbocycles. The third kappa shape index (κ3) is 3.08. The molecule has 5 heteroatoms. The highest BCUT2D eigenvalue weighted by molar-refractivity contribution is 7.16. The van der Waals surface area contributed by atoms with Crippen molar-refractivity contribution in [2.24, 2.45) is 5.73 Å². The van der Waals surface area contributed by atoms with Gasteiger partial charge in [0, 0.05) is 15.3 Å². The van der Waals surface area contributed by atoms with Crippen molar-refractivity contribution in [3.63, 3.8) is 0 Å². The normalized spacial score (nSPS) is 11.2. The van der Waals surface area contributed by atoms with Gasteiger partial charge in [-0.15, -0.1) is 11.3 Å². The number of primary amides is 1. The zero-order chi connectivity index (χ0) is 14.7. The van der Waals surface area contributed by atoms with Crippen LogP contribution in [0.25, 0.3) is 16.5 Å². The largest absolute Gasteiger partial charge is 0.366 e. The fourth-order valence-corrected chi connectivity index (χ4v) is 2.86. The van der Waals surface area contributed by atoms with Gasteiger partial charge >= 0.3 is 0 Å². The summed E-state index contributed by atoms with van der Waals surface area (Å²) in [4.78, 5) is 13.0. The van der Waals surface area contributed by atoms with Crippen LogP contribution >= 0.6 is 22.9 Å². The van der Waals surface area contributed by atoms with Crippen LogP contribution < -0.4 is 5.73 Å². The fraction of sp³-hybridized carbons (Fsp3) is 0.0667. The summed E-state index contributed by atoms with van der Waals surface area (Å²) in [7, 11) is 0. The van der Waals surface area contributed by atoms with Crippen molar-refractivity contribution in [3.8, 4) is 16.5 Å². The number of carbonyl (C=O) groups excluding carboxylic acids is 1. The molecule has 2 N–H and O–H groups in total. The molecule has 0 fully saturated rings. The molecule has 1 aromatic heterocycles. The Kier molecular flexibility index (Phi) is 4.23. The average molecular weight is 303 g/mol. The number of nitrogens with zero attached hydrogens (tertiary/aromatic N) is 1. The Morgan fingerprint density at radius 3 is 2.75 bits per heavy atom. The second-order valence-corrected chi connectivity index (χ2v) is 5.72. The maximum atomic E-state index is 11.0. The van der Waals surface area contributed by atoms with Gasteiger partial charge in [0.1, 0.15) is 6.07 Å². The molecule has 0 saturated heterocycles. The molecule has 2 aromatic rings. The quantitative estimate of drug-likeness (QED) is 0.876. The molecular weight excluding hydrogens is 292 g/mol. The second-order valence-electron chi connectivity index (χ2n) is 4.20. The molecule has 100 valence electrons. The van der Waals surface area contributed by atoms with Gasteiger partial charge in [0.05, 0.1) is 10.6 Å². The van der Waals surface area contributed by atoms with Crippen molar-refractivity contribution >= 4 is 34.9 Å². The van der Waals surface area contributed by atoms with Gasteiger partial charge in [0.15, 0.2) is 0 Å². The topological polar surface area (TPSA) is 66.9 Å². The predicted molar refractivity (Wildman–Crippen MR) is 82.3 cm³/mol. The summed E-state index contributed by atoms with van der Waals surface area (Å²) in [6, 6.07) is 11.2. The number of carbonyl (C=O) groups is 1. The van der Waals surface area contributed by atoms with Crippen molar-refractivity contribution in [3.05, 3.63) is 51.4 Å². The Hall–Kier alpha value is -2.09. The molecule has 0 aliphatic rings. The molecule has 2 rings (SSSR count). The van der Waals surface area contributed by atoms with E-state index in [0.717, 1.165) is 15.3 Å². The Morgan fingerprint density at radius 1 is 1.40 bits per heavy atom. The van der Waals surface area contributed by atoms with Crippen LogP contribution in [0.1, 0.15) is 17.4 Å². The summed E-state index contributed by atoms with van der Waals surface area (Å²) >= 11 is 7.55. The fourth-order valence-electron chi connectivity index (χ4n) is 1.63. The van der Waals surface area contributed by atoms with Crippen LogP contribution in [0, 0.1) is 11.3 Å². The summed E-state index contributed by atoms with van der Waals surface area (Å²) < 4.78 is 0. The maximum absolute atomic E-state index is 11.0. The standard InChI is InChI=1S/C15H11ClN2OS/c1-9(15(18)19)6-12-4-5-14(20-12)10-2-3-11(8-17)13(16)7-10/h2-7H,1H3,(H2,18,19)/b9-6+. The zero-order valence-corrected chi connectivity index (χ0v) is 12.3. The number of amides is 1. The number of halogens is 1. The van der Waals surface area contributed by atoms with Crippen molar-refractivity contribution in [2.75, 3.05) is 0 Å². The molecule has 1 heterocycles. The van der Waals surface area contributed by atoms with Crippen molar-refractivity contribution in [1.82, 2.24) is 0 Å². The number of nitrogens with two attached hydrogens (primary N) is 1. The number of rotatable bonds is 3. The minimum absolute atomic E-state index is 0.429. The third-order valence-corrected chi connectivity index (χ3v) is 4.14. The molecule has 0 spiro atoms. The summed E-state index contributed by atoms with van der Waals surface area (Å²) in [5, 5.41) is 9.29. The number of hydrogen-bond donors (Lipinski definition) is 1. The van der Waals surface area contributed by atoms with Gasteiger partial charge in [-0.2, -0.15) is 5.26 Å². The third-order valence-electron chi connectivity index (χ3n) is 2.75. The molecule has 0 radical (unpaired) electrons. The Balaban J connectivity index is 2.34. The molecule has 3 nitrogen and oxygen atoms in total. The van der Waals surface area contributed by atoms with Gasteiger partial charge < -0.3 is 5.73 Å². The van der Waals surface area contributed by atoms with Crippen molar-refractivity contribution in [1.29, 1.82) is 5.26 Å². The highest BCUT2D eigenvalue weighted by Crippen LogP contribution is 2.31. The molecule has 1 aromatic carbocycles. The van der Waals surface area contributed by atoms with Crippen LogP contribution in [0.2, 0.25) is 5.02 Å². The Bertz CT molecular complexity index is 741. The smallest absolute Gasteiger partial charge is 0.244 e. The molecule has 0 bridgehead atoms. The lowest BCUT2D eigenvalue weighted by atomic mass is 10.1. The van der Waals surface area contributed by atoms with Crippen LogP contribution in [0.3, 0.4) is 0 Å². The van der Waals surface area contributed by atoms with Crippen LogP contribution in [-0.2, 0) is 4.79 Å². The van der Waals surface area contributed by atoms with E-state index in [2.05, 4.69) is 0 Å². The summed E-state index contributed by atoms with van der Waals surface area (Å²) in [6.45, 7) is 1.68. The van der Waals surface area contributed by atoms with E-state index in [0.29, 0.717) is 16.2 Å². The number of nitriles is 1. The van der Waals surface area contributed by atoms with Gasteiger partial charge in [-0.05, 0) is 42.8 Å². The van der Waals surface area contributed by atoms with Crippen LogP contribution in [0.15, 0.2) is 35.9 Å². The highest BCUT2D eigenvalue weighted by atomic mass is 35.5. The van der Waals surface area contributed by atoms with E-state index >= 15 is 0 Å². The van der Waals surface area contributed by atoms with E-state index in [1.807, 2.05) is 24.3 Å². The Labute approximate surface area is 125 Å². The van der Waals surface area contributed by atoms with Crippen LogP contribution in [0.5, 0.6) is 0 Å². The summed E-state index contributed by atoms with van der Waals surface area (Å²) in [5.41, 5.74) is 7.11. The van der Waals surface area contributed by atoms with Crippen LogP contribution in [0.4, 0.5) is 0 Å². The van der Waals surface area contributed by atoms with Gasteiger partial charge in [0.2, 0.25) is 5.91 Å². The van der Waals surface area contributed by atoms with E-state index in [-0.39, 0.29) is 0 Å². The SMILES string of the molecule is C/C(=C\c1ccc(-c2ccc(C#N)c(Cl)c2)s1)C(N)=O. The van der Waals surface area contributed by atoms with E-state index in [9.17, 15) is 4.79 Å². The number of benzene rings is 1. The first-order valence-electron chi connectivity index (χ1n) is 5.79. The average Bonchev–Trinajstić information content (AvgIpc) is 2.87. The summed E-state index contributed by atoms with van der Waals surface area (Å²) in [5.74, 6) is -0.429. The maximum Gasteiger partial charge on any atom is 0.244 e. The lowest BCUT2D eigenvalue weighted by Gasteiger charge is -1.99. The van der Waals surface area contributed by atoms with E-state index < -0.39 is 5.91 Å². The molecule has 20 heavy (non-hydrogen) atoms. The predicted octanol–water partition coefficient (Wildman–Crippen LogP) is 3.83. The molecule has 1 amide bonds. The van der Waals surface area contributed by atoms with Gasteiger partial charge in [0.25, 0.3) is 0 Å². The van der Waals surface area contributed by atoms with Gasteiger partial charge in [-0.3, -0.25) is 4.79 Å². The van der Waals surface area contributed by atoms with Crippen molar-refractivity contribution in [2.45, 2.75) is 6.92 Å². The first-order chi connectivity index (χ1) is 9.51. The summed E-state index contributed by atoms with van der Waals surface area (Å²) in [6.07, 6.45) is 1.75.